The van der Waals surface area contributed by atoms with E-state index in [4.69, 9.17) is 30.6 Å². The summed E-state index contributed by atoms with van der Waals surface area (Å²) < 4.78 is 16.2. The lowest BCUT2D eigenvalue weighted by Gasteiger charge is -2.10. The van der Waals surface area contributed by atoms with Gasteiger partial charge in [0.1, 0.15) is 34.9 Å². The van der Waals surface area contributed by atoms with Crippen LogP contribution in [0.1, 0.15) is 0 Å². The predicted molar refractivity (Wildman–Crippen MR) is 114 cm³/mol. The van der Waals surface area contributed by atoms with Crippen molar-refractivity contribution in [1.29, 1.82) is 0 Å². The van der Waals surface area contributed by atoms with Crippen molar-refractivity contribution in [1.82, 2.24) is 9.97 Å². The summed E-state index contributed by atoms with van der Waals surface area (Å²) in [5.74, 6) is 2.61. The molecule has 5 nitrogen and oxygen atoms in total. The first-order chi connectivity index (χ1) is 14.3. The lowest BCUT2D eigenvalue weighted by Crippen LogP contribution is -1.92. The molecule has 146 valence electrons. The molecule has 4 rings (SSSR count). The highest BCUT2D eigenvalue weighted by Gasteiger charge is 2.21. The van der Waals surface area contributed by atoms with Gasteiger partial charge in [0.15, 0.2) is 5.75 Å². The molecule has 0 aliphatic heterocycles. The molecule has 1 heterocycles. The fraction of sp³-hybridized carbons (Fsp3) is 0.0870. The molecule has 3 aromatic carbocycles. The van der Waals surface area contributed by atoms with Crippen molar-refractivity contribution in [3.05, 3.63) is 72.8 Å². The second-order valence-electron chi connectivity index (χ2n) is 6.28. The molecule has 0 aliphatic rings. The van der Waals surface area contributed by atoms with Crippen LogP contribution in [0.15, 0.2) is 72.8 Å². The molecule has 0 fully saturated rings. The van der Waals surface area contributed by atoms with Gasteiger partial charge in [-0.05, 0) is 36.4 Å². The second-order valence-corrected chi connectivity index (χ2v) is 6.44. The van der Waals surface area contributed by atoms with E-state index >= 15 is 0 Å². The highest BCUT2D eigenvalue weighted by Crippen LogP contribution is 2.41. The largest absolute Gasteiger partial charge is 0.496 e. The van der Waals surface area contributed by atoms with Crippen LogP contribution in [0.3, 0.4) is 0 Å². The zero-order valence-electron chi connectivity index (χ0n) is 16.0. The van der Waals surface area contributed by atoms with Gasteiger partial charge in [-0.25, -0.2) is 4.98 Å². The van der Waals surface area contributed by atoms with Crippen LogP contribution in [0.2, 0.25) is 0 Å². The van der Waals surface area contributed by atoms with Crippen LogP contribution in [0.5, 0.6) is 17.2 Å². The first-order valence-electron chi connectivity index (χ1n) is 9.01. The third kappa shape index (κ3) is 3.52. The number of H-pyrrole nitrogens is 1. The number of benzene rings is 3. The van der Waals surface area contributed by atoms with Crippen LogP contribution >= 0.6 is 11.9 Å². The lowest BCUT2D eigenvalue weighted by molar-refractivity contribution is 0.415. The van der Waals surface area contributed by atoms with Crippen molar-refractivity contribution in [2.45, 2.75) is 0 Å². The summed E-state index contributed by atoms with van der Waals surface area (Å²) in [6.07, 6.45) is 0. The summed E-state index contributed by atoms with van der Waals surface area (Å²) in [7, 11) is 3.29. The van der Waals surface area contributed by atoms with E-state index in [-0.39, 0.29) is 0 Å². The number of nitrogens with one attached hydrogen (secondary N) is 1. The van der Waals surface area contributed by atoms with Gasteiger partial charge in [0.25, 0.3) is 0 Å². The molecule has 1 aromatic heterocycles. The zero-order chi connectivity index (χ0) is 20.2. The summed E-state index contributed by atoms with van der Waals surface area (Å²) in [6.45, 7) is 0. The molecule has 0 saturated heterocycles. The average Bonchev–Trinajstić information content (AvgIpc) is 3.23. The Kier molecular flexibility index (Phi) is 5.40. The van der Waals surface area contributed by atoms with Crippen molar-refractivity contribution < 1.29 is 13.8 Å². The van der Waals surface area contributed by atoms with Crippen molar-refractivity contribution in [3.63, 3.8) is 0 Å². The van der Waals surface area contributed by atoms with Crippen molar-refractivity contribution in [2.24, 2.45) is 0 Å². The van der Waals surface area contributed by atoms with Crippen LogP contribution in [-0.4, -0.2) is 24.2 Å². The Morgan fingerprint density at radius 2 is 1.21 bits per heavy atom. The minimum absolute atomic E-state index is 0.515. The maximum Gasteiger partial charge on any atom is 0.157 e. The monoisotopic (exact) mass is 406 g/mol. The zero-order valence-corrected chi connectivity index (χ0v) is 16.7. The first-order valence-corrected chi connectivity index (χ1v) is 9.32. The van der Waals surface area contributed by atoms with Gasteiger partial charge in [-0.3, -0.25) is 0 Å². The van der Waals surface area contributed by atoms with E-state index in [1.165, 1.54) is 0 Å². The Morgan fingerprint density at radius 3 is 1.83 bits per heavy atom. The topological polar surface area (TPSA) is 56.4 Å². The molecule has 29 heavy (non-hydrogen) atoms. The van der Waals surface area contributed by atoms with Crippen molar-refractivity contribution in [2.75, 3.05) is 14.2 Å². The van der Waals surface area contributed by atoms with Crippen molar-refractivity contribution in [3.8, 4) is 51.2 Å². The minimum atomic E-state index is 0.515. The molecule has 0 aliphatic carbocycles. The van der Waals surface area contributed by atoms with Gasteiger partial charge in [-0.2, -0.15) is 0 Å². The SMILES string of the molecule is COc1ccccc1-c1nc(-c2ccccc2OCl)[nH]c1-c1ccccc1OC. The van der Waals surface area contributed by atoms with E-state index < -0.39 is 0 Å². The summed E-state index contributed by atoms with van der Waals surface area (Å²) in [5, 5.41) is 0. The smallest absolute Gasteiger partial charge is 0.157 e. The highest BCUT2D eigenvalue weighted by atomic mass is 35.5. The Labute approximate surface area is 174 Å². The quantitative estimate of drug-likeness (QED) is 0.429. The number of para-hydroxylation sites is 3. The van der Waals surface area contributed by atoms with E-state index in [2.05, 4.69) is 4.98 Å². The fourth-order valence-electron chi connectivity index (χ4n) is 3.31. The highest BCUT2D eigenvalue weighted by molar-refractivity contribution is 6.09. The maximum atomic E-state index is 5.68. The molecule has 0 unspecified atom stereocenters. The lowest BCUT2D eigenvalue weighted by atomic mass is 10.0. The van der Waals surface area contributed by atoms with Gasteiger partial charge in [-0.15, -0.1) is 0 Å². The molecular formula is C23H19ClN2O3. The number of hydrogen-bond acceptors (Lipinski definition) is 4. The summed E-state index contributed by atoms with van der Waals surface area (Å²) in [6, 6.07) is 23.0. The molecule has 0 spiro atoms. The number of methoxy groups -OCH3 is 2. The molecule has 6 heteroatoms. The molecule has 0 saturated carbocycles. The van der Waals surface area contributed by atoms with E-state index in [0.717, 1.165) is 39.6 Å². The van der Waals surface area contributed by atoms with Gasteiger partial charge >= 0.3 is 0 Å². The van der Waals surface area contributed by atoms with Gasteiger partial charge in [0, 0.05) is 11.1 Å². The minimum Gasteiger partial charge on any atom is -0.496 e. The van der Waals surface area contributed by atoms with Gasteiger partial charge in [0.05, 0.1) is 25.5 Å². The Morgan fingerprint density at radius 1 is 0.690 bits per heavy atom. The molecule has 0 bridgehead atoms. The summed E-state index contributed by atoms with van der Waals surface area (Å²) >= 11 is 5.68. The average molecular weight is 407 g/mol. The van der Waals surface area contributed by atoms with Crippen LogP contribution in [0, 0.1) is 0 Å². The van der Waals surface area contributed by atoms with Gasteiger partial charge < -0.3 is 18.7 Å². The molecule has 4 aromatic rings. The number of aromatic nitrogens is 2. The van der Waals surface area contributed by atoms with E-state index in [0.29, 0.717) is 11.6 Å². The number of hydrogen-bond donors (Lipinski definition) is 1. The van der Waals surface area contributed by atoms with E-state index in [1.807, 2.05) is 66.7 Å². The molecular weight excluding hydrogens is 388 g/mol. The van der Waals surface area contributed by atoms with Crippen molar-refractivity contribution >= 4 is 11.9 Å². The summed E-state index contributed by atoms with van der Waals surface area (Å²) in [4.78, 5) is 8.32. The molecule has 1 N–H and O–H groups in total. The van der Waals surface area contributed by atoms with Crippen LogP contribution in [0.25, 0.3) is 33.9 Å². The van der Waals surface area contributed by atoms with Gasteiger partial charge in [0.2, 0.25) is 0 Å². The third-order valence-corrected chi connectivity index (χ3v) is 4.83. The number of imidazole rings is 1. The summed E-state index contributed by atoms with van der Waals surface area (Å²) in [5.41, 5.74) is 4.05. The van der Waals surface area contributed by atoms with Gasteiger partial charge in [-0.1, -0.05) is 36.4 Å². The fourth-order valence-corrected chi connectivity index (χ4v) is 3.45. The normalized spacial score (nSPS) is 10.6. The standard InChI is InChI=1S/C23H19ClN2O3/c1-27-18-12-6-3-9-15(18)21-22(16-10-4-7-13-19(16)28-2)26-23(25-21)17-11-5-8-14-20(17)29-24/h3-14H,1-2H3,(H,25,26). The molecule has 0 atom stereocenters. The number of nitrogens with zero attached hydrogens (tertiary/aromatic N) is 1. The van der Waals surface area contributed by atoms with Crippen LogP contribution in [-0.2, 0) is 0 Å². The Balaban J connectivity index is 1.99. The predicted octanol–water partition coefficient (Wildman–Crippen LogP) is 5.96. The molecule has 0 amide bonds. The van der Waals surface area contributed by atoms with Crippen LogP contribution < -0.4 is 13.8 Å². The second kappa shape index (κ2) is 8.29. The first kappa shape index (κ1) is 18.9. The van der Waals surface area contributed by atoms with Crippen LogP contribution in [0.4, 0.5) is 0 Å². The van der Waals surface area contributed by atoms with E-state index in [1.54, 1.807) is 20.3 Å². The Hall–Kier alpha value is -3.44. The maximum absolute atomic E-state index is 5.68. The Bertz CT molecular complexity index is 1080. The number of rotatable bonds is 6. The number of aromatic amines is 1. The van der Waals surface area contributed by atoms with E-state index in [9.17, 15) is 0 Å². The number of halogens is 1. The molecule has 0 radical (unpaired) electrons. The third-order valence-electron chi connectivity index (χ3n) is 4.67. The number of ether oxygens (including phenoxy) is 2.